The van der Waals surface area contributed by atoms with Crippen LogP contribution in [0.5, 0.6) is 0 Å². The molecule has 0 bridgehead atoms. The summed E-state index contributed by atoms with van der Waals surface area (Å²) < 4.78 is 0. The summed E-state index contributed by atoms with van der Waals surface area (Å²) in [6.07, 6.45) is 12.1. The highest BCUT2D eigenvalue weighted by molar-refractivity contribution is 5.19. The summed E-state index contributed by atoms with van der Waals surface area (Å²) >= 11 is 0. The van der Waals surface area contributed by atoms with Crippen LogP contribution in [0.15, 0.2) is 0 Å². The van der Waals surface area contributed by atoms with E-state index in [-0.39, 0.29) is 5.54 Å². The lowest BCUT2D eigenvalue weighted by atomic mass is 9.88. The lowest BCUT2D eigenvalue weighted by Crippen LogP contribution is -2.58. The van der Waals surface area contributed by atoms with Crippen molar-refractivity contribution in [2.75, 3.05) is 13.1 Å². The number of hydrogen-bond acceptors (Lipinski definition) is 3. The average Bonchev–Trinajstić information content (AvgIpc) is 3.38. The summed E-state index contributed by atoms with van der Waals surface area (Å²) in [6.45, 7) is 2.22. The molecule has 3 saturated carbocycles. The number of hydrogen-bond donors (Lipinski definition) is 1. The van der Waals surface area contributed by atoms with E-state index in [9.17, 15) is 5.26 Å². The van der Waals surface area contributed by atoms with E-state index in [2.05, 4.69) is 16.3 Å². The predicted octanol–water partition coefficient (Wildman–Crippen LogP) is 2.68. The van der Waals surface area contributed by atoms with Crippen LogP contribution in [0.1, 0.15) is 57.8 Å². The molecule has 0 aromatic carbocycles. The van der Waals surface area contributed by atoms with Crippen LogP contribution in [-0.2, 0) is 0 Å². The summed E-state index contributed by atoms with van der Waals surface area (Å²) in [7, 11) is 0. The molecule has 1 aliphatic heterocycles. The highest BCUT2D eigenvalue weighted by atomic mass is 15.2. The van der Waals surface area contributed by atoms with Crippen LogP contribution in [-0.4, -0.2) is 35.6 Å². The summed E-state index contributed by atoms with van der Waals surface area (Å²) in [5, 5.41) is 13.6. The first kappa shape index (κ1) is 13.1. The number of nitriles is 1. The van der Waals surface area contributed by atoms with Gasteiger partial charge in [-0.3, -0.25) is 10.2 Å². The quantitative estimate of drug-likeness (QED) is 0.837. The van der Waals surface area contributed by atoms with Crippen molar-refractivity contribution in [1.29, 1.82) is 5.26 Å². The monoisotopic (exact) mass is 273 g/mol. The third-order valence-electron chi connectivity index (χ3n) is 6.07. The molecule has 1 saturated heterocycles. The second-order valence-electron chi connectivity index (χ2n) is 7.65. The third kappa shape index (κ3) is 2.38. The lowest BCUT2D eigenvalue weighted by molar-refractivity contribution is 0.0826. The Morgan fingerprint density at radius 3 is 2.55 bits per heavy atom. The van der Waals surface area contributed by atoms with Gasteiger partial charge in [0.05, 0.1) is 6.07 Å². The Balaban J connectivity index is 1.50. The van der Waals surface area contributed by atoms with E-state index < -0.39 is 0 Å². The fourth-order valence-electron chi connectivity index (χ4n) is 4.69. The second kappa shape index (κ2) is 5.00. The number of nitrogens with one attached hydrogen (secondary N) is 1. The van der Waals surface area contributed by atoms with Crippen LogP contribution in [0.25, 0.3) is 0 Å². The van der Waals surface area contributed by atoms with E-state index in [0.29, 0.717) is 12.0 Å². The Bertz CT molecular complexity index is 407. The first-order valence-electron chi connectivity index (χ1n) is 8.74. The van der Waals surface area contributed by atoms with Gasteiger partial charge in [0.15, 0.2) is 0 Å². The van der Waals surface area contributed by atoms with Gasteiger partial charge in [0.1, 0.15) is 5.54 Å². The minimum absolute atomic E-state index is 0.231. The normalized spacial score (nSPS) is 37.1. The van der Waals surface area contributed by atoms with E-state index >= 15 is 0 Å². The molecule has 1 N–H and O–H groups in total. The van der Waals surface area contributed by atoms with Gasteiger partial charge in [-0.05, 0) is 69.7 Å². The zero-order valence-electron chi connectivity index (χ0n) is 12.5. The van der Waals surface area contributed by atoms with Gasteiger partial charge in [-0.2, -0.15) is 5.26 Å². The number of likely N-dealkylation sites (tertiary alicyclic amines) is 1. The Labute approximate surface area is 122 Å². The van der Waals surface area contributed by atoms with Crippen molar-refractivity contribution in [3.8, 4) is 6.07 Å². The molecule has 3 aliphatic carbocycles. The van der Waals surface area contributed by atoms with Gasteiger partial charge in [0.25, 0.3) is 0 Å². The van der Waals surface area contributed by atoms with Gasteiger partial charge in [0, 0.05) is 18.6 Å². The van der Waals surface area contributed by atoms with Gasteiger partial charge < -0.3 is 0 Å². The van der Waals surface area contributed by atoms with Crippen LogP contribution >= 0.6 is 0 Å². The Morgan fingerprint density at radius 2 is 1.85 bits per heavy atom. The Hall–Kier alpha value is -0.590. The first-order chi connectivity index (χ1) is 9.81. The number of nitrogens with zero attached hydrogens (tertiary/aromatic N) is 2. The maximum absolute atomic E-state index is 9.90. The molecule has 3 nitrogen and oxygen atoms in total. The zero-order valence-corrected chi connectivity index (χ0v) is 12.5. The molecule has 4 aliphatic rings. The van der Waals surface area contributed by atoms with Crippen LogP contribution in [0.3, 0.4) is 0 Å². The fraction of sp³-hybridized carbons (Fsp3) is 0.941. The van der Waals surface area contributed by atoms with Crippen molar-refractivity contribution in [3.63, 3.8) is 0 Å². The van der Waals surface area contributed by atoms with E-state index in [4.69, 9.17) is 0 Å². The largest absolute Gasteiger partial charge is 0.297 e. The molecule has 0 aromatic heterocycles. The minimum atomic E-state index is -0.231. The number of rotatable bonds is 5. The fourth-order valence-corrected chi connectivity index (χ4v) is 4.69. The Kier molecular flexibility index (Phi) is 3.27. The summed E-state index contributed by atoms with van der Waals surface area (Å²) in [5.41, 5.74) is -0.231. The molecule has 1 heterocycles. The first-order valence-corrected chi connectivity index (χ1v) is 8.74. The van der Waals surface area contributed by atoms with Gasteiger partial charge >= 0.3 is 0 Å². The summed E-state index contributed by atoms with van der Waals surface area (Å²) in [5.74, 6) is 1.55. The molecule has 0 aromatic rings. The van der Waals surface area contributed by atoms with E-state index in [1.165, 1.54) is 64.3 Å². The van der Waals surface area contributed by atoms with Gasteiger partial charge in [0.2, 0.25) is 0 Å². The molecular weight excluding hydrogens is 246 g/mol. The van der Waals surface area contributed by atoms with Crippen LogP contribution < -0.4 is 5.32 Å². The molecule has 20 heavy (non-hydrogen) atoms. The highest BCUT2D eigenvalue weighted by Crippen LogP contribution is 2.44. The van der Waals surface area contributed by atoms with E-state index in [1.54, 1.807) is 0 Å². The predicted molar refractivity (Wildman–Crippen MR) is 79.2 cm³/mol. The lowest BCUT2D eigenvalue weighted by Gasteiger charge is -2.42. The Morgan fingerprint density at radius 1 is 1.05 bits per heavy atom. The highest BCUT2D eigenvalue weighted by Gasteiger charge is 2.50. The molecule has 0 spiro atoms. The van der Waals surface area contributed by atoms with E-state index in [1.807, 2.05) is 0 Å². The standard InChI is InChI=1S/C17H27N3/c18-11-17(14-6-7-14,19-15-8-9-15)12-20-10-2-4-13-3-1-5-16(13)20/h13-16,19H,1-10,12H2. The van der Waals surface area contributed by atoms with Crippen molar-refractivity contribution in [2.45, 2.75) is 75.4 Å². The van der Waals surface area contributed by atoms with Crippen molar-refractivity contribution in [2.24, 2.45) is 11.8 Å². The maximum Gasteiger partial charge on any atom is 0.122 e. The van der Waals surface area contributed by atoms with Gasteiger partial charge in [-0.1, -0.05) is 6.42 Å². The maximum atomic E-state index is 9.90. The van der Waals surface area contributed by atoms with Crippen LogP contribution in [0.2, 0.25) is 0 Å². The molecular formula is C17H27N3. The molecule has 4 rings (SSSR count). The number of piperidine rings is 1. The molecule has 3 heteroatoms. The minimum Gasteiger partial charge on any atom is -0.297 e. The average molecular weight is 273 g/mol. The third-order valence-corrected chi connectivity index (χ3v) is 6.07. The zero-order chi connectivity index (χ0) is 13.6. The van der Waals surface area contributed by atoms with Crippen molar-refractivity contribution >= 4 is 0 Å². The summed E-state index contributed by atoms with van der Waals surface area (Å²) in [6, 6.07) is 4.15. The molecule has 3 unspecified atom stereocenters. The van der Waals surface area contributed by atoms with Crippen molar-refractivity contribution < 1.29 is 0 Å². The molecule has 0 radical (unpaired) electrons. The SMILES string of the molecule is N#CC(CN1CCCC2CCCC21)(NC1CC1)C1CC1. The topological polar surface area (TPSA) is 39.1 Å². The van der Waals surface area contributed by atoms with Crippen LogP contribution in [0, 0.1) is 23.2 Å². The molecule has 3 atom stereocenters. The number of fused-ring (bicyclic) bond motifs is 1. The van der Waals surface area contributed by atoms with Crippen molar-refractivity contribution in [1.82, 2.24) is 10.2 Å². The molecule has 110 valence electrons. The van der Waals surface area contributed by atoms with Gasteiger partial charge in [-0.25, -0.2) is 0 Å². The van der Waals surface area contributed by atoms with Crippen molar-refractivity contribution in [3.05, 3.63) is 0 Å². The van der Waals surface area contributed by atoms with E-state index in [0.717, 1.165) is 18.5 Å². The van der Waals surface area contributed by atoms with Crippen LogP contribution in [0.4, 0.5) is 0 Å². The molecule has 0 amide bonds. The second-order valence-corrected chi connectivity index (χ2v) is 7.65. The van der Waals surface area contributed by atoms with Gasteiger partial charge in [-0.15, -0.1) is 0 Å². The smallest absolute Gasteiger partial charge is 0.122 e. The molecule has 4 fully saturated rings. The summed E-state index contributed by atoms with van der Waals surface area (Å²) in [4.78, 5) is 2.69.